The van der Waals surface area contributed by atoms with E-state index in [0.29, 0.717) is 19.8 Å². The van der Waals surface area contributed by atoms with Crippen molar-refractivity contribution in [2.75, 3.05) is 19.8 Å². The van der Waals surface area contributed by atoms with Gasteiger partial charge in [0, 0.05) is 18.7 Å². The number of halogens is 1. The first-order valence-corrected chi connectivity index (χ1v) is 6.16. The number of amides is 1. The molecule has 0 N–H and O–H groups in total. The molecule has 0 bridgehead atoms. The van der Waals surface area contributed by atoms with E-state index in [1.54, 1.807) is 13.8 Å². The molecule has 1 heterocycles. The Kier molecular flexibility index (Phi) is 3.71. The fourth-order valence-corrected chi connectivity index (χ4v) is 2.17. The van der Waals surface area contributed by atoms with E-state index in [1.165, 1.54) is 4.90 Å². The lowest BCUT2D eigenvalue weighted by molar-refractivity contribution is -0.384. The number of ether oxygens (including phenoxy) is 1. The van der Waals surface area contributed by atoms with Crippen LogP contribution in [0.5, 0.6) is 0 Å². The largest absolute Gasteiger partial charge is 0.377 e. The standard InChI is InChI=1S/C13H15FN2O4/c1-13(2)8-20-6-5-15(13)12(17)10-7-9(16(18)19)3-4-11(10)14/h3-4,7H,5-6,8H2,1-2H3. The molecule has 6 nitrogen and oxygen atoms in total. The Hall–Kier alpha value is -2.02. The van der Waals surface area contributed by atoms with Crippen molar-refractivity contribution in [2.24, 2.45) is 0 Å². The maximum absolute atomic E-state index is 13.8. The number of rotatable bonds is 2. The Labute approximate surface area is 115 Å². The van der Waals surface area contributed by atoms with Crippen LogP contribution in [0.15, 0.2) is 18.2 Å². The topological polar surface area (TPSA) is 72.7 Å². The molecule has 2 rings (SSSR count). The van der Waals surface area contributed by atoms with Crippen molar-refractivity contribution in [3.8, 4) is 0 Å². The number of nitrogens with zero attached hydrogens (tertiary/aromatic N) is 2. The number of morpholine rings is 1. The number of non-ortho nitro benzene ring substituents is 1. The van der Waals surface area contributed by atoms with Crippen molar-refractivity contribution >= 4 is 11.6 Å². The first-order valence-electron chi connectivity index (χ1n) is 6.16. The van der Waals surface area contributed by atoms with Crippen molar-refractivity contribution in [1.29, 1.82) is 0 Å². The second-order valence-corrected chi connectivity index (χ2v) is 5.24. The maximum atomic E-state index is 13.8. The zero-order chi connectivity index (χ0) is 14.9. The predicted molar refractivity (Wildman–Crippen MR) is 69.0 cm³/mol. The van der Waals surface area contributed by atoms with Crippen LogP contribution in [0.1, 0.15) is 24.2 Å². The van der Waals surface area contributed by atoms with Crippen LogP contribution < -0.4 is 0 Å². The number of benzene rings is 1. The molecule has 1 saturated heterocycles. The number of hydrogen-bond acceptors (Lipinski definition) is 4. The summed E-state index contributed by atoms with van der Waals surface area (Å²) in [5.74, 6) is -1.32. The van der Waals surface area contributed by atoms with Gasteiger partial charge in [-0.05, 0) is 19.9 Å². The molecule has 108 valence electrons. The molecule has 1 amide bonds. The van der Waals surface area contributed by atoms with E-state index in [-0.39, 0.29) is 11.3 Å². The summed E-state index contributed by atoms with van der Waals surface area (Å²) in [5.41, 5.74) is -1.16. The van der Waals surface area contributed by atoms with Crippen LogP contribution in [0.25, 0.3) is 0 Å². The summed E-state index contributed by atoms with van der Waals surface area (Å²) in [5, 5.41) is 10.7. The van der Waals surface area contributed by atoms with E-state index in [9.17, 15) is 19.3 Å². The van der Waals surface area contributed by atoms with E-state index in [0.717, 1.165) is 18.2 Å². The van der Waals surface area contributed by atoms with Gasteiger partial charge in [0.1, 0.15) is 5.82 Å². The highest BCUT2D eigenvalue weighted by molar-refractivity contribution is 5.95. The van der Waals surface area contributed by atoms with E-state index in [1.807, 2.05) is 0 Å². The summed E-state index contributed by atoms with van der Waals surface area (Å²) < 4.78 is 19.1. The summed E-state index contributed by atoms with van der Waals surface area (Å²) in [6.07, 6.45) is 0. The summed E-state index contributed by atoms with van der Waals surface area (Å²) in [6, 6.07) is 2.96. The van der Waals surface area contributed by atoms with Crippen molar-refractivity contribution in [1.82, 2.24) is 4.90 Å². The van der Waals surface area contributed by atoms with Gasteiger partial charge in [-0.25, -0.2) is 4.39 Å². The summed E-state index contributed by atoms with van der Waals surface area (Å²) in [4.78, 5) is 24.0. The maximum Gasteiger partial charge on any atom is 0.270 e. The van der Waals surface area contributed by atoms with Gasteiger partial charge in [-0.15, -0.1) is 0 Å². The first kappa shape index (κ1) is 14.4. The molecule has 1 aliphatic heterocycles. The van der Waals surface area contributed by atoms with E-state index >= 15 is 0 Å². The lowest BCUT2D eigenvalue weighted by Crippen LogP contribution is -2.55. The molecule has 7 heteroatoms. The van der Waals surface area contributed by atoms with Crippen molar-refractivity contribution in [3.63, 3.8) is 0 Å². The minimum atomic E-state index is -0.761. The van der Waals surface area contributed by atoms with Gasteiger partial charge in [-0.3, -0.25) is 14.9 Å². The zero-order valence-corrected chi connectivity index (χ0v) is 11.3. The van der Waals surface area contributed by atoms with Gasteiger partial charge < -0.3 is 9.64 Å². The average Bonchev–Trinajstić information content (AvgIpc) is 2.37. The van der Waals surface area contributed by atoms with Crippen molar-refractivity contribution < 1.29 is 18.8 Å². The lowest BCUT2D eigenvalue weighted by atomic mass is 10.0. The van der Waals surface area contributed by atoms with Crippen LogP contribution in [0.3, 0.4) is 0 Å². The van der Waals surface area contributed by atoms with Crippen LogP contribution in [-0.2, 0) is 4.74 Å². The number of nitro benzene ring substituents is 1. The number of carbonyl (C=O) groups is 1. The highest BCUT2D eigenvalue weighted by Gasteiger charge is 2.35. The molecule has 0 aliphatic carbocycles. The highest BCUT2D eigenvalue weighted by Crippen LogP contribution is 2.24. The van der Waals surface area contributed by atoms with Gasteiger partial charge in [-0.2, -0.15) is 0 Å². The third-order valence-corrected chi connectivity index (χ3v) is 3.28. The highest BCUT2D eigenvalue weighted by atomic mass is 19.1. The van der Waals surface area contributed by atoms with Crippen LogP contribution in [0.4, 0.5) is 10.1 Å². The number of carbonyl (C=O) groups excluding carboxylic acids is 1. The van der Waals surface area contributed by atoms with Crippen LogP contribution in [0, 0.1) is 15.9 Å². The fraction of sp³-hybridized carbons (Fsp3) is 0.462. The van der Waals surface area contributed by atoms with Gasteiger partial charge >= 0.3 is 0 Å². The molecule has 0 spiro atoms. The van der Waals surface area contributed by atoms with E-state index in [4.69, 9.17) is 4.74 Å². The molecule has 0 unspecified atom stereocenters. The third kappa shape index (κ3) is 2.62. The second kappa shape index (κ2) is 5.16. The van der Waals surface area contributed by atoms with Gasteiger partial charge in [0.05, 0.1) is 29.2 Å². The Morgan fingerprint density at radius 2 is 2.20 bits per heavy atom. The van der Waals surface area contributed by atoms with Crippen LogP contribution in [0.2, 0.25) is 0 Å². The normalized spacial score (nSPS) is 17.9. The Morgan fingerprint density at radius 3 is 2.80 bits per heavy atom. The molecule has 1 fully saturated rings. The molecular formula is C13H15FN2O4. The van der Waals surface area contributed by atoms with Crippen molar-refractivity contribution in [2.45, 2.75) is 19.4 Å². The van der Waals surface area contributed by atoms with Gasteiger partial charge in [0.2, 0.25) is 0 Å². The van der Waals surface area contributed by atoms with Gasteiger partial charge in [-0.1, -0.05) is 0 Å². The molecule has 1 aromatic carbocycles. The predicted octanol–water partition coefficient (Wildman–Crippen LogP) is 1.98. The molecule has 0 atom stereocenters. The quantitative estimate of drug-likeness (QED) is 0.614. The van der Waals surface area contributed by atoms with Crippen molar-refractivity contribution in [3.05, 3.63) is 39.7 Å². The molecule has 0 saturated carbocycles. The number of hydrogen-bond donors (Lipinski definition) is 0. The first-order chi connectivity index (χ1) is 9.33. The summed E-state index contributed by atoms with van der Waals surface area (Å²) in [6.45, 7) is 4.65. The monoisotopic (exact) mass is 282 g/mol. The average molecular weight is 282 g/mol. The summed E-state index contributed by atoms with van der Waals surface area (Å²) >= 11 is 0. The molecular weight excluding hydrogens is 267 g/mol. The van der Waals surface area contributed by atoms with Crippen LogP contribution in [-0.4, -0.2) is 41.0 Å². The SMILES string of the molecule is CC1(C)COCCN1C(=O)c1cc([N+](=O)[O-])ccc1F. The van der Waals surface area contributed by atoms with E-state index < -0.39 is 22.2 Å². The number of nitro groups is 1. The molecule has 0 radical (unpaired) electrons. The molecule has 1 aromatic rings. The molecule has 20 heavy (non-hydrogen) atoms. The smallest absolute Gasteiger partial charge is 0.270 e. The van der Waals surface area contributed by atoms with Gasteiger partial charge in [0.15, 0.2) is 0 Å². The Morgan fingerprint density at radius 1 is 1.50 bits per heavy atom. The zero-order valence-electron chi connectivity index (χ0n) is 11.3. The third-order valence-electron chi connectivity index (χ3n) is 3.28. The Balaban J connectivity index is 2.37. The molecule has 0 aromatic heterocycles. The Bertz CT molecular complexity index is 559. The molecule has 1 aliphatic rings. The fourth-order valence-electron chi connectivity index (χ4n) is 2.17. The minimum absolute atomic E-state index is 0.283. The second-order valence-electron chi connectivity index (χ2n) is 5.24. The lowest BCUT2D eigenvalue weighted by Gasteiger charge is -2.42. The minimum Gasteiger partial charge on any atom is -0.377 e. The van der Waals surface area contributed by atoms with Crippen LogP contribution >= 0.6 is 0 Å². The summed E-state index contributed by atoms with van der Waals surface area (Å²) in [7, 11) is 0. The van der Waals surface area contributed by atoms with E-state index in [2.05, 4.69) is 0 Å². The van der Waals surface area contributed by atoms with Gasteiger partial charge in [0.25, 0.3) is 11.6 Å².